The SMILES string of the molecule is NCCc1nc(C(=O)N2CCCCC2c2ccc(F)cc2)cs1. The highest BCUT2D eigenvalue weighted by Crippen LogP contribution is 2.32. The minimum absolute atomic E-state index is 0.00323. The van der Waals surface area contributed by atoms with E-state index in [0.717, 1.165) is 29.8 Å². The Hall–Kier alpha value is -1.79. The first kappa shape index (κ1) is 16.1. The van der Waals surface area contributed by atoms with E-state index in [2.05, 4.69) is 4.98 Å². The minimum Gasteiger partial charge on any atom is -0.330 e. The van der Waals surface area contributed by atoms with Gasteiger partial charge in [0, 0.05) is 18.3 Å². The van der Waals surface area contributed by atoms with Crippen LogP contribution in [0.15, 0.2) is 29.6 Å². The number of piperidine rings is 1. The van der Waals surface area contributed by atoms with Crippen molar-refractivity contribution in [3.63, 3.8) is 0 Å². The molecule has 2 N–H and O–H groups in total. The number of nitrogens with two attached hydrogens (primary N) is 1. The first-order valence-corrected chi connectivity index (χ1v) is 8.78. The lowest BCUT2D eigenvalue weighted by Crippen LogP contribution is -2.38. The van der Waals surface area contributed by atoms with Gasteiger partial charge in [-0.2, -0.15) is 0 Å². The van der Waals surface area contributed by atoms with Crippen LogP contribution in [0, 0.1) is 5.82 Å². The van der Waals surface area contributed by atoms with Crippen LogP contribution < -0.4 is 5.73 Å². The molecule has 6 heteroatoms. The van der Waals surface area contributed by atoms with Gasteiger partial charge in [0.15, 0.2) is 0 Å². The summed E-state index contributed by atoms with van der Waals surface area (Å²) in [6.45, 7) is 1.24. The fourth-order valence-corrected chi connectivity index (χ4v) is 3.79. The number of aromatic nitrogens is 1. The Morgan fingerprint density at radius 3 is 2.87 bits per heavy atom. The second-order valence-corrected chi connectivity index (χ2v) is 6.67. The summed E-state index contributed by atoms with van der Waals surface area (Å²) in [6.07, 6.45) is 3.65. The molecule has 0 saturated carbocycles. The molecule has 0 radical (unpaired) electrons. The van der Waals surface area contributed by atoms with E-state index in [9.17, 15) is 9.18 Å². The summed E-state index contributed by atoms with van der Waals surface area (Å²) in [5, 5.41) is 2.70. The molecule has 0 bridgehead atoms. The Bertz CT molecular complexity index is 671. The normalized spacial score (nSPS) is 18.2. The zero-order valence-corrected chi connectivity index (χ0v) is 13.7. The molecule has 1 aliphatic heterocycles. The van der Waals surface area contributed by atoms with Gasteiger partial charge >= 0.3 is 0 Å². The van der Waals surface area contributed by atoms with Gasteiger partial charge < -0.3 is 10.6 Å². The molecule has 0 spiro atoms. The Morgan fingerprint density at radius 1 is 1.35 bits per heavy atom. The van der Waals surface area contributed by atoms with Crippen LogP contribution in [0.3, 0.4) is 0 Å². The third-order valence-corrected chi connectivity index (χ3v) is 5.06. The number of halogens is 1. The van der Waals surface area contributed by atoms with Crippen molar-refractivity contribution in [1.82, 2.24) is 9.88 Å². The van der Waals surface area contributed by atoms with Gasteiger partial charge in [0.2, 0.25) is 0 Å². The summed E-state index contributed by atoms with van der Waals surface area (Å²) < 4.78 is 13.2. The minimum atomic E-state index is -0.256. The van der Waals surface area contributed by atoms with Crippen LogP contribution in [0.4, 0.5) is 4.39 Å². The van der Waals surface area contributed by atoms with Crippen LogP contribution in [-0.4, -0.2) is 28.9 Å². The average molecular weight is 333 g/mol. The van der Waals surface area contributed by atoms with E-state index >= 15 is 0 Å². The molecular formula is C17H20FN3OS. The Kier molecular flexibility index (Phi) is 5.03. The molecule has 122 valence electrons. The molecule has 1 fully saturated rings. The summed E-state index contributed by atoms with van der Waals surface area (Å²) in [4.78, 5) is 19.1. The van der Waals surface area contributed by atoms with E-state index in [4.69, 9.17) is 5.73 Å². The summed E-state index contributed by atoms with van der Waals surface area (Å²) >= 11 is 1.48. The molecule has 2 aromatic rings. The van der Waals surface area contributed by atoms with Crippen molar-refractivity contribution in [2.24, 2.45) is 5.73 Å². The van der Waals surface area contributed by atoms with E-state index in [1.807, 2.05) is 10.3 Å². The molecule has 4 nitrogen and oxygen atoms in total. The number of thiazole rings is 1. The maximum absolute atomic E-state index is 13.2. The van der Waals surface area contributed by atoms with E-state index in [-0.39, 0.29) is 17.8 Å². The second kappa shape index (κ2) is 7.19. The topological polar surface area (TPSA) is 59.2 Å². The van der Waals surface area contributed by atoms with E-state index in [1.54, 1.807) is 12.1 Å². The van der Waals surface area contributed by atoms with Crippen molar-refractivity contribution >= 4 is 17.2 Å². The molecule has 23 heavy (non-hydrogen) atoms. The van der Waals surface area contributed by atoms with Crippen molar-refractivity contribution in [1.29, 1.82) is 0 Å². The fourth-order valence-electron chi connectivity index (χ4n) is 3.00. The van der Waals surface area contributed by atoms with Crippen molar-refractivity contribution in [2.75, 3.05) is 13.1 Å². The monoisotopic (exact) mass is 333 g/mol. The number of hydrogen-bond donors (Lipinski definition) is 1. The number of carbonyl (C=O) groups excluding carboxylic acids is 1. The lowest BCUT2D eigenvalue weighted by Gasteiger charge is -2.35. The zero-order valence-electron chi connectivity index (χ0n) is 12.9. The van der Waals surface area contributed by atoms with Crippen LogP contribution in [0.5, 0.6) is 0 Å². The third kappa shape index (κ3) is 3.59. The Balaban J connectivity index is 1.82. The van der Waals surface area contributed by atoms with Crippen LogP contribution in [-0.2, 0) is 6.42 Å². The van der Waals surface area contributed by atoms with Gasteiger partial charge in [-0.15, -0.1) is 11.3 Å². The predicted octanol–water partition coefficient (Wildman–Crippen LogP) is 3.15. The third-order valence-electron chi connectivity index (χ3n) is 4.15. The summed E-state index contributed by atoms with van der Waals surface area (Å²) in [7, 11) is 0. The maximum Gasteiger partial charge on any atom is 0.273 e. The van der Waals surface area contributed by atoms with Gasteiger partial charge in [0.1, 0.15) is 11.5 Å². The van der Waals surface area contributed by atoms with Crippen molar-refractivity contribution in [3.05, 3.63) is 51.7 Å². The van der Waals surface area contributed by atoms with Crippen molar-refractivity contribution < 1.29 is 9.18 Å². The molecular weight excluding hydrogens is 313 g/mol. The van der Waals surface area contributed by atoms with Gasteiger partial charge in [-0.3, -0.25) is 4.79 Å². The van der Waals surface area contributed by atoms with Crippen molar-refractivity contribution in [3.8, 4) is 0 Å². The molecule has 1 aromatic carbocycles. The lowest BCUT2D eigenvalue weighted by molar-refractivity contribution is 0.0606. The van der Waals surface area contributed by atoms with Gasteiger partial charge in [-0.25, -0.2) is 9.37 Å². The second-order valence-electron chi connectivity index (χ2n) is 5.73. The molecule has 1 amide bonds. The van der Waals surface area contributed by atoms with E-state index in [0.29, 0.717) is 25.2 Å². The summed E-state index contributed by atoms with van der Waals surface area (Å²) in [5.41, 5.74) is 7.02. The molecule has 1 aliphatic rings. The predicted molar refractivity (Wildman–Crippen MR) is 88.9 cm³/mol. The molecule has 1 aromatic heterocycles. The van der Waals surface area contributed by atoms with Crippen LogP contribution in [0.1, 0.15) is 46.4 Å². The number of amides is 1. The van der Waals surface area contributed by atoms with Crippen LogP contribution in [0.25, 0.3) is 0 Å². The smallest absolute Gasteiger partial charge is 0.273 e. The Morgan fingerprint density at radius 2 is 2.13 bits per heavy atom. The molecule has 1 unspecified atom stereocenters. The van der Waals surface area contributed by atoms with Crippen molar-refractivity contribution in [2.45, 2.75) is 31.7 Å². The number of rotatable bonds is 4. The first-order chi connectivity index (χ1) is 11.2. The van der Waals surface area contributed by atoms with E-state index < -0.39 is 0 Å². The summed E-state index contributed by atoms with van der Waals surface area (Å²) in [5.74, 6) is -0.299. The van der Waals surface area contributed by atoms with Crippen LogP contribution in [0.2, 0.25) is 0 Å². The maximum atomic E-state index is 13.2. The standard InChI is InChI=1S/C17H20FN3OS/c18-13-6-4-12(5-7-13)15-3-1-2-10-21(15)17(22)14-11-23-16(20-14)8-9-19/h4-7,11,15H,1-3,8-10,19H2. The molecule has 3 rings (SSSR count). The largest absolute Gasteiger partial charge is 0.330 e. The van der Waals surface area contributed by atoms with Crippen LogP contribution >= 0.6 is 11.3 Å². The number of hydrogen-bond acceptors (Lipinski definition) is 4. The van der Waals surface area contributed by atoms with Gasteiger partial charge in [-0.05, 0) is 43.5 Å². The average Bonchev–Trinajstić information content (AvgIpc) is 3.04. The highest BCUT2D eigenvalue weighted by molar-refractivity contribution is 7.09. The molecule has 1 atom stereocenters. The number of carbonyl (C=O) groups is 1. The van der Waals surface area contributed by atoms with Gasteiger partial charge in [0.25, 0.3) is 5.91 Å². The highest BCUT2D eigenvalue weighted by Gasteiger charge is 2.29. The quantitative estimate of drug-likeness (QED) is 0.935. The molecule has 2 heterocycles. The lowest BCUT2D eigenvalue weighted by atomic mass is 9.95. The number of nitrogens with zero attached hydrogens (tertiary/aromatic N) is 2. The molecule has 0 aliphatic carbocycles. The number of likely N-dealkylation sites (tertiary alicyclic amines) is 1. The first-order valence-electron chi connectivity index (χ1n) is 7.90. The zero-order chi connectivity index (χ0) is 16.2. The Labute approximate surface area is 139 Å². The van der Waals surface area contributed by atoms with E-state index in [1.165, 1.54) is 23.5 Å². The number of benzene rings is 1. The fraction of sp³-hybridized carbons (Fsp3) is 0.412. The highest BCUT2D eigenvalue weighted by atomic mass is 32.1. The molecule has 1 saturated heterocycles. The summed E-state index contributed by atoms with van der Waals surface area (Å²) in [6, 6.07) is 6.44. The van der Waals surface area contributed by atoms with Gasteiger partial charge in [-0.1, -0.05) is 12.1 Å². The van der Waals surface area contributed by atoms with Gasteiger partial charge in [0.05, 0.1) is 11.0 Å².